The molecule has 0 aliphatic carbocycles. The van der Waals surface area contributed by atoms with Crippen molar-refractivity contribution < 1.29 is 89.2 Å². The number of carbonyl (C=O) groups is 14. The van der Waals surface area contributed by atoms with Gasteiger partial charge in [-0.25, -0.2) is 0 Å². The van der Waals surface area contributed by atoms with Crippen LogP contribution in [0.5, 0.6) is 0 Å². The molecular weight excluding hydrogens is 1900 g/mol. The molecule has 7 N–H and O–H groups in total. The van der Waals surface area contributed by atoms with Gasteiger partial charge in [-0.05, 0) is 258 Å². The lowest BCUT2D eigenvalue weighted by Crippen LogP contribution is -2.56. The molecule has 138 heavy (non-hydrogen) atoms. The monoisotopic (exact) mass is 1990 g/mol. The van der Waals surface area contributed by atoms with Crippen LogP contribution >= 0.6 is 85.5 Å². The molecule has 14 rings (SSSR count). The van der Waals surface area contributed by atoms with Gasteiger partial charge in [0.05, 0.1) is 31.3 Å². The quantitative estimate of drug-likeness (QED) is 0.0128. The van der Waals surface area contributed by atoms with Gasteiger partial charge >= 0.3 is 0 Å². The van der Waals surface area contributed by atoms with Crippen molar-refractivity contribution in [2.45, 2.75) is 27.7 Å². The van der Waals surface area contributed by atoms with Gasteiger partial charge in [0.15, 0.2) is 35.8 Å². The lowest BCUT2D eigenvalue weighted by molar-refractivity contribution is -0.135. The Hall–Kier alpha value is -16.4. The van der Waals surface area contributed by atoms with Crippen LogP contribution in [-0.4, -0.2) is 199 Å². The van der Waals surface area contributed by atoms with Gasteiger partial charge < -0.3 is 22.1 Å². The normalized spacial score (nSPS) is 17.1. The van der Waals surface area contributed by atoms with E-state index in [-0.39, 0.29) is 118 Å². The van der Waals surface area contributed by atoms with Gasteiger partial charge in [-0.3, -0.25) is 139 Å². The van der Waals surface area contributed by atoms with Crippen LogP contribution in [0.2, 0.25) is 0 Å². The van der Waals surface area contributed by atoms with Crippen LogP contribution in [0.4, 0.5) is 0 Å². The Morgan fingerprint density at radius 2 is 0.471 bits per heavy atom. The number of nitrogens with zero attached hydrogens (tertiary/aromatic N) is 7. The fraction of sp³-hybridized carbons (Fsp3) is 0.112. The molecule has 7 fully saturated rings. The smallest absolute Gasteiger partial charge is 0.265 e. The number of rotatable bonds is 24. The number of likely N-dealkylation sites (N-methyl/N-ethyl adjacent to an activating group) is 4. The van der Waals surface area contributed by atoms with Gasteiger partial charge in [-0.15, -0.1) is 19.7 Å². The second-order valence-electron chi connectivity index (χ2n) is 27.6. The van der Waals surface area contributed by atoms with E-state index in [2.05, 4.69) is 69.2 Å². The van der Waals surface area contributed by atoms with Crippen LogP contribution < -0.4 is 37.2 Å². The number of hydrogen-bond acceptors (Lipinski definition) is 26. The molecule has 12 heterocycles. The highest BCUT2D eigenvalue weighted by Gasteiger charge is 2.40. The summed E-state index contributed by atoms with van der Waals surface area (Å²) in [6, 6.07) is 36.8. The molecule has 706 valence electrons. The Morgan fingerprint density at radius 1 is 0.254 bits per heavy atom. The van der Waals surface area contributed by atoms with Crippen molar-refractivity contribution in [2.75, 3.05) is 45.8 Å². The van der Waals surface area contributed by atoms with E-state index in [1.165, 1.54) is 95.4 Å². The minimum Gasteiger partial charge on any atom is -0.465 e. The average molecular weight is 1990 g/mol. The number of nitrogens with one attached hydrogen (secondary N) is 7. The van der Waals surface area contributed by atoms with Crippen LogP contribution in [0.3, 0.4) is 0 Å². The molecule has 14 amide bonds. The summed E-state index contributed by atoms with van der Waals surface area (Å²) in [5.74, 6) is -3.04. The fourth-order valence-electron chi connectivity index (χ4n) is 11.9. The van der Waals surface area contributed by atoms with Gasteiger partial charge in [0.1, 0.15) is 67.8 Å². The van der Waals surface area contributed by atoms with Crippen molar-refractivity contribution >= 4 is 247 Å². The number of amides is 14. The molecule has 0 atom stereocenters. The fourth-order valence-corrected chi connectivity index (χ4v) is 13.8. The van der Waals surface area contributed by atoms with E-state index in [9.17, 15) is 67.1 Å². The van der Waals surface area contributed by atoms with E-state index in [1.807, 2.05) is 87.5 Å². The SMILES string of the molecule is C=CCN1C(=O)/C(=C/C=C/c2ccccc2)C(=O)NC1=S.C=CCN1C(=O)/C(=C/C=C/c2ccco2)C(=O)NC1=S.C=CCN1C(=O)/C(=C\C=C\c2ccco2)C(=O)N(CC)C1=S.CCN1C(=O)/C(=C\C=C\c2ccco2)C(=O)NC1=S.CCN1C(=O)C(=C/C=C/c2ccco2)C(=O)N(CC)C1=S.O=C1NC(=S)NC(=O)C1=C/C=C/c1ccccc1.O=C1NC(=S)NC(=O)C1=C/C=C/c1ccco1. The predicted octanol–water partition coefficient (Wildman–Crippen LogP) is 11.7. The molecule has 7 aliphatic heterocycles. The number of hydrogen-bond donors (Lipinski definition) is 7. The number of furan rings is 5. The third kappa shape index (κ3) is 30.8. The second-order valence-corrected chi connectivity index (χ2v) is 30.3. The minimum atomic E-state index is -0.511. The van der Waals surface area contributed by atoms with Crippen molar-refractivity contribution in [3.8, 4) is 0 Å². The molecule has 40 heteroatoms. The molecule has 0 radical (unpaired) electrons. The summed E-state index contributed by atoms with van der Waals surface area (Å²) in [5, 5.41) is 17.7. The second kappa shape index (κ2) is 54.7. The largest absolute Gasteiger partial charge is 0.465 e. The van der Waals surface area contributed by atoms with Crippen molar-refractivity contribution in [2.24, 2.45) is 0 Å². The maximum Gasteiger partial charge on any atom is 0.265 e. The van der Waals surface area contributed by atoms with Gasteiger partial charge in [0, 0.05) is 45.8 Å². The first-order valence-corrected chi connectivity index (χ1v) is 44.3. The molecule has 0 spiro atoms. The molecule has 7 saturated heterocycles. The predicted molar refractivity (Wildman–Crippen MR) is 547 cm³/mol. The van der Waals surface area contributed by atoms with Crippen LogP contribution in [0.1, 0.15) is 67.6 Å². The number of carbonyl (C=O) groups excluding carboxylic acids is 14. The van der Waals surface area contributed by atoms with Crippen molar-refractivity contribution in [3.05, 3.63) is 355 Å². The lowest BCUT2D eigenvalue weighted by Gasteiger charge is -2.35. The minimum absolute atomic E-state index is 0.00130. The number of allylic oxidation sites excluding steroid dienone is 14. The summed E-state index contributed by atoms with van der Waals surface area (Å²) >= 11 is 34.6. The summed E-state index contributed by atoms with van der Waals surface area (Å²) in [6.07, 6.45) is 45.8. The Labute approximate surface area is 829 Å². The first kappa shape index (κ1) is 107. The summed E-state index contributed by atoms with van der Waals surface area (Å²) < 4.78 is 25.6. The van der Waals surface area contributed by atoms with Crippen LogP contribution in [-0.2, 0) is 67.1 Å². The molecule has 7 aromatic rings. The van der Waals surface area contributed by atoms with Gasteiger partial charge in [0.2, 0.25) is 0 Å². The highest BCUT2D eigenvalue weighted by atomic mass is 32.1. The number of thiocarbonyl (C=S) groups is 7. The van der Waals surface area contributed by atoms with Gasteiger partial charge in [0.25, 0.3) is 82.7 Å². The summed E-state index contributed by atoms with van der Waals surface area (Å²) in [5.41, 5.74) is 2.31. The first-order chi connectivity index (χ1) is 66.4. The van der Waals surface area contributed by atoms with Crippen LogP contribution in [0.25, 0.3) is 42.5 Å². The molecule has 0 bridgehead atoms. The van der Waals surface area contributed by atoms with Gasteiger partial charge in [-0.2, -0.15) is 0 Å². The average Bonchev–Trinajstić information content (AvgIpc) is 0.934. The zero-order chi connectivity index (χ0) is 100. The molecule has 0 unspecified atom stereocenters. The van der Waals surface area contributed by atoms with E-state index < -0.39 is 59.1 Å². The van der Waals surface area contributed by atoms with Crippen LogP contribution in [0, 0.1) is 0 Å². The third-order valence-electron chi connectivity index (χ3n) is 18.5. The Bertz CT molecular complexity index is 6260. The highest BCUT2D eigenvalue weighted by molar-refractivity contribution is 7.81. The first-order valence-electron chi connectivity index (χ1n) is 41.4. The zero-order valence-electron chi connectivity index (χ0n) is 74.1. The van der Waals surface area contributed by atoms with E-state index >= 15 is 0 Å². The Kier molecular flexibility index (Phi) is 42.4. The molecule has 33 nitrogen and oxygen atoms in total. The maximum absolute atomic E-state index is 12.4. The molecule has 7 aliphatic rings. The standard InChI is InChI=1S/C16H16N2O3S.C16H14N2O2S.C15H16N2O3S.C14H12N2O3S.C13H12N2O3S.C13H10N2O2S.C11H8N2O3S/c1-3-10-18-15(20)13(14(19)17(4-2)16(18)22)9-5-7-12-8-6-11-21-12;1-2-11-18-15(20)13(14(19)17-16(18)21)10-6-9-12-7-4-3-5-8-12;1-3-16-13(18)12(14(19)17(4-2)15(16)21)9-5-7-11-8-6-10-20-11;1-2-8-16-13(18)11(12(17)15-14(16)20)7-3-5-10-6-4-9-19-10;1-2-15-12(17)10(11(16)14-13(15)19)7-3-5-9-6-4-8-18-9;16-11-10(12(17)15-13(18)14-11)8-4-7-9-5-2-1-3-6-9;14-9-8(10(15)13-11(17)12-9)5-1-3-7-4-2-6-16-7/h3,5-9,11H,1,4,10H2,2H3;2-10H,1,11H2,(H,17,19,21);5-10H,3-4H2,1-2H3;2-7,9H,1,8H2,(H,15,17,20);3-8H,2H2,1H3,(H,14,16,19);1-8H,(H2,14,15,16,17,18);1-6H,(H2,12,13,14,15,17)/b7-5+,13-9-;9-6+,13-10+;7-5+;5-3+,11-7+;5-3+,10-7-;7-4+;3-1+. The zero-order valence-corrected chi connectivity index (χ0v) is 79.8. The van der Waals surface area contributed by atoms with Gasteiger partial charge in [-0.1, -0.05) is 134 Å². The Morgan fingerprint density at radius 3 is 0.732 bits per heavy atom. The summed E-state index contributed by atoms with van der Waals surface area (Å²) in [6.45, 7) is 20.4. The molecule has 0 saturated carbocycles. The van der Waals surface area contributed by atoms with E-state index in [0.29, 0.717) is 55.0 Å². The lowest BCUT2D eigenvalue weighted by atomic mass is 10.1. The molecule has 5 aromatic heterocycles. The summed E-state index contributed by atoms with van der Waals surface area (Å²) in [7, 11) is 0. The van der Waals surface area contributed by atoms with Crippen LogP contribution in [0.15, 0.2) is 337 Å². The van der Waals surface area contributed by atoms with Crippen molar-refractivity contribution in [3.63, 3.8) is 0 Å². The molecular formula is C98H88N14O19S7. The highest BCUT2D eigenvalue weighted by Crippen LogP contribution is 2.23. The Balaban J connectivity index is 0.000000198. The van der Waals surface area contributed by atoms with E-state index in [4.69, 9.17) is 95.4 Å². The molecule has 2 aromatic carbocycles. The summed E-state index contributed by atoms with van der Waals surface area (Å²) in [4.78, 5) is 176. The third-order valence-corrected chi connectivity index (χ3v) is 20.8. The number of benzene rings is 2. The topological polar surface area (TPSA) is 412 Å². The van der Waals surface area contributed by atoms with Crippen molar-refractivity contribution in [1.82, 2.24) is 71.5 Å². The van der Waals surface area contributed by atoms with Crippen molar-refractivity contribution in [1.29, 1.82) is 0 Å². The maximum atomic E-state index is 12.4. The van der Waals surface area contributed by atoms with E-state index in [0.717, 1.165) is 11.1 Å². The van der Waals surface area contributed by atoms with E-state index in [1.54, 1.807) is 178 Å².